The predicted octanol–water partition coefficient (Wildman–Crippen LogP) is 0.823. The second-order valence-corrected chi connectivity index (χ2v) is 5.42. The Morgan fingerprint density at radius 3 is 2.62 bits per heavy atom. The zero-order valence-corrected chi connectivity index (χ0v) is 12.3. The first-order valence-corrected chi connectivity index (χ1v) is 7.16. The highest BCUT2D eigenvalue weighted by Crippen LogP contribution is 2.12. The number of carbonyl (C=O) groups is 3. The number of aryl methyl sites for hydroxylation is 1. The van der Waals surface area contributed by atoms with Crippen LogP contribution in [0, 0.1) is 0 Å². The molecule has 1 aromatic rings. The highest BCUT2D eigenvalue weighted by molar-refractivity contribution is 7.11. The highest BCUT2D eigenvalue weighted by Gasteiger charge is 2.20. The van der Waals surface area contributed by atoms with E-state index in [0.717, 1.165) is 16.3 Å². The van der Waals surface area contributed by atoms with Gasteiger partial charge in [-0.05, 0) is 12.8 Å². The van der Waals surface area contributed by atoms with E-state index in [9.17, 15) is 14.4 Å². The van der Waals surface area contributed by atoms with Crippen molar-refractivity contribution in [2.24, 2.45) is 0 Å². The molecule has 0 bridgehead atoms. The van der Waals surface area contributed by atoms with E-state index >= 15 is 0 Å². The molecule has 21 heavy (non-hydrogen) atoms. The molecule has 0 aliphatic heterocycles. The van der Waals surface area contributed by atoms with Gasteiger partial charge in [0.1, 0.15) is 11.0 Å². The number of thiazole rings is 1. The van der Waals surface area contributed by atoms with Crippen molar-refractivity contribution >= 4 is 29.3 Å². The number of carboxylic acids is 2. The maximum atomic E-state index is 11.6. The first-order chi connectivity index (χ1) is 9.92. The van der Waals surface area contributed by atoms with Crippen LogP contribution < -0.4 is 10.6 Å². The molecule has 0 saturated heterocycles. The van der Waals surface area contributed by atoms with Gasteiger partial charge in [-0.25, -0.2) is 14.6 Å². The van der Waals surface area contributed by atoms with Crippen LogP contribution in [0.5, 0.6) is 0 Å². The first-order valence-electron chi connectivity index (χ1n) is 6.35. The molecule has 0 aliphatic carbocycles. The minimum absolute atomic E-state index is 0.171. The number of hydrogen-bond donors (Lipinski definition) is 4. The summed E-state index contributed by atoms with van der Waals surface area (Å²) in [5.41, 5.74) is 0. The number of nitrogens with one attached hydrogen (secondary N) is 2. The van der Waals surface area contributed by atoms with Gasteiger partial charge in [0.05, 0.1) is 6.54 Å². The summed E-state index contributed by atoms with van der Waals surface area (Å²) in [6.07, 6.45) is 2.09. The van der Waals surface area contributed by atoms with E-state index in [-0.39, 0.29) is 19.4 Å². The maximum absolute atomic E-state index is 11.6. The van der Waals surface area contributed by atoms with Crippen molar-refractivity contribution < 1.29 is 24.6 Å². The van der Waals surface area contributed by atoms with Gasteiger partial charge >= 0.3 is 18.0 Å². The largest absolute Gasteiger partial charge is 0.481 e. The normalized spacial score (nSPS) is 11.7. The summed E-state index contributed by atoms with van der Waals surface area (Å²) >= 11 is 1.47. The van der Waals surface area contributed by atoms with E-state index < -0.39 is 24.0 Å². The minimum atomic E-state index is -1.27. The number of aromatic nitrogens is 1. The number of nitrogens with zero attached hydrogens (tertiary/aromatic N) is 1. The Morgan fingerprint density at radius 1 is 1.38 bits per heavy atom. The molecule has 9 heteroatoms. The van der Waals surface area contributed by atoms with Gasteiger partial charge in [-0.3, -0.25) is 4.79 Å². The van der Waals surface area contributed by atoms with E-state index in [4.69, 9.17) is 10.2 Å². The Hall–Kier alpha value is -2.16. The number of hydrogen-bond acceptors (Lipinski definition) is 5. The molecule has 2 amide bonds. The molecule has 0 radical (unpaired) electrons. The molecule has 1 atom stereocenters. The first kappa shape index (κ1) is 16.9. The summed E-state index contributed by atoms with van der Waals surface area (Å²) < 4.78 is 0. The molecule has 116 valence electrons. The van der Waals surface area contributed by atoms with Crippen LogP contribution in [-0.4, -0.2) is 39.2 Å². The summed E-state index contributed by atoms with van der Waals surface area (Å²) in [7, 11) is 0. The lowest BCUT2D eigenvalue weighted by Gasteiger charge is -2.13. The van der Waals surface area contributed by atoms with E-state index in [1.165, 1.54) is 11.3 Å². The molecule has 0 saturated carbocycles. The second kappa shape index (κ2) is 8.20. The van der Waals surface area contributed by atoms with Gasteiger partial charge < -0.3 is 20.8 Å². The van der Waals surface area contributed by atoms with Crippen molar-refractivity contribution in [1.82, 2.24) is 15.6 Å². The maximum Gasteiger partial charge on any atom is 0.326 e. The quantitative estimate of drug-likeness (QED) is 0.562. The monoisotopic (exact) mass is 315 g/mol. The molecule has 1 aromatic heterocycles. The standard InChI is InChI=1S/C12H17N3O5S/c1-2-7-5-13-9(21-7)6-14-12(20)15-8(11(18)19)3-4-10(16)17/h5,8H,2-4,6H2,1H3,(H,16,17)(H,18,19)(H2,14,15,20). The van der Waals surface area contributed by atoms with Crippen molar-refractivity contribution in [3.05, 3.63) is 16.1 Å². The fraction of sp³-hybridized carbons (Fsp3) is 0.500. The van der Waals surface area contributed by atoms with E-state index in [0.29, 0.717) is 0 Å². The number of rotatable bonds is 8. The third-order valence-electron chi connectivity index (χ3n) is 2.60. The van der Waals surface area contributed by atoms with Gasteiger partial charge in [-0.15, -0.1) is 11.3 Å². The van der Waals surface area contributed by atoms with E-state index in [1.807, 2.05) is 6.92 Å². The van der Waals surface area contributed by atoms with Crippen LogP contribution in [0.25, 0.3) is 0 Å². The van der Waals surface area contributed by atoms with Gasteiger partial charge in [0.15, 0.2) is 0 Å². The lowest BCUT2D eigenvalue weighted by Crippen LogP contribution is -2.45. The molecule has 1 unspecified atom stereocenters. The number of aliphatic carboxylic acids is 2. The topological polar surface area (TPSA) is 129 Å². The third-order valence-corrected chi connectivity index (χ3v) is 3.74. The fourth-order valence-electron chi connectivity index (χ4n) is 1.48. The lowest BCUT2D eigenvalue weighted by atomic mass is 10.1. The minimum Gasteiger partial charge on any atom is -0.481 e. The van der Waals surface area contributed by atoms with Gasteiger partial charge in [-0.2, -0.15) is 0 Å². The third kappa shape index (κ3) is 6.21. The van der Waals surface area contributed by atoms with E-state index in [2.05, 4.69) is 15.6 Å². The van der Waals surface area contributed by atoms with Crippen LogP contribution >= 0.6 is 11.3 Å². The summed E-state index contributed by atoms with van der Waals surface area (Å²) in [6.45, 7) is 2.19. The molecule has 0 fully saturated rings. The zero-order chi connectivity index (χ0) is 15.8. The Labute approximate surface area is 125 Å². The summed E-state index contributed by atoms with van der Waals surface area (Å²) in [5.74, 6) is -2.38. The van der Waals surface area contributed by atoms with Crippen LogP contribution in [-0.2, 0) is 22.6 Å². The zero-order valence-electron chi connectivity index (χ0n) is 11.5. The molecule has 1 rings (SSSR count). The van der Waals surface area contributed by atoms with Crippen LogP contribution in [0.4, 0.5) is 4.79 Å². The van der Waals surface area contributed by atoms with Gasteiger partial charge in [0, 0.05) is 17.5 Å². The Morgan fingerprint density at radius 2 is 2.10 bits per heavy atom. The molecular weight excluding hydrogens is 298 g/mol. The van der Waals surface area contributed by atoms with E-state index in [1.54, 1.807) is 6.20 Å². The Balaban J connectivity index is 2.42. The van der Waals surface area contributed by atoms with Crippen molar-refractivity contribution in [3.63, 3.8) is 0 Å². The molecular formula is C12H17N3O5S. The smallest absolute Gasteiger partial charge is 0.326 e. The van der Waals surface area contributed by atoms with Gasteiger partial charge in [0.25, 0.3) is 0 Å². The summed E-state index contributed by atoms with van der Waals surface area (Å²) in [4.78, 5) is 38.1. The van der Waals surface area contributed by atoms with Crippen molar-refractivity contribution in [2.45, 2.75) is 38.8 Å². The average molecular weight is 315 g/mol. The molecule has 0 aliphatic rings. The van der Waals surface area contributed by atoms with Crippen molar-refractivity contribution in [3.8, 4) is 0 Å². The number of carboxylic acid groups (broad SMARTS) is 2. The Kier molecular flexibility index (Phi) is 6.60. The van der Waals surface area contributed by atoms with Gasteiger partial charge in [-0.1, -0.05) is 6.92 Å². The molecule has 0 aromatic carbocycles. The lowest BCUT2D eigenvalue weighted by molar-refractivity contribution is -0.140. The van der Waals surface area contributed by atoms with Crippen LogP contribution in [0.3, 0.4) is 0 Å². The SMILES string of the molecule is CCc1cnc(CNC(=O)NC(CCC(=O)O)C(=O)O)s1. The number of urea groups is 1. The number of carbonyl (C=O) groups excluding carboxylic acids is 1. The molecule has 8 nitrogen and oxygen atoms in total. The Bertz CT molecular complexity index is 517. The summed E-state index contributed by atoms with van der Waals surface area (Å²) in [5, 5.41) is 22.9. The molecule has 1 heterocycles. The summed E-state index contributed by atoms with van der Waals surface area (Å²) in [6, 6.07) is -1.90. The van der Waals surface area contributed by atoms with Crippen molar-refractivity contribution in [1.29, 1.82) is 0 Å². The van der Waals surface area contributed by atoms with Crippen LogP contribution in [0.2, 0.25) is 0 Å². The van der Waals surface area contributed by atoms with Gasteiger partial charge in [0.2, 0.25) is 0 Å². The molecule has 0 spiro atoms. The average Bonchev–Trinajstić information content (AvgIpc) is 2.88. The fourth-order valence-corrected chi connectivity index (χ4v) is 2.29. The molecule has 4 N–H and O–H groups in total. The highest BCUT2D eigenvalue weighted by atomic mass is 32.1. The van der Waals surface area contributed by atoms with Crippen LogP contribution in [0.1, 0.15) is 29.7 Å². The predicted molar refractivity (Wildman–Crippen MR) is 75.2 cm³/mol. The van der Waals surface area contributed by atoms with Crippen LogP contribution in [0.15, 0.2) is 6.20 Å². The number of amides is 2. The second-order valence-electron chi connectivity index (χ2n) is 4.22. The van der Waals surface area contributed by atoms with Crippen molar-refractivity contribution in [2.75, 3.05) is 0 Å².